The highest BCUT2D eigenvalue weighted by Crippen LogP contribution is 2.53. The van der Waals surface area contributed by atoms with Gasteiger partial charge in [0.15, 0.2) is 0 Å². The van der Waals surface area contributed by atoms with Crippen LogP contribution < -0.4 is 0 Å². The van der Waals surface area contributed by atoms with Crippen molar-refractivity contribution in [1.29, 1.82) is 0 Å². The quantitative estimate of drug-likeness (QED) is 0.118. The zero-order chi connectivity index (χ0) is 32.1. The van der Waals surface area contributed by atoms with Gasteiger partial charge in [-0.15, -0.1) is 12.6 Å². The lowest BCUT2D eigenvalue weighted by molar-refractivity contribution is -0.419. The molecule has 0 unspecified atom stereocenters. The fourth-order valence-electron chi connectivity index (χ4n) is 3.43. The van der Waals surface area contributed by atoms with Crippen LogP contribution in [0.1, 0.15) is 0 Å². The summed E-state index contributed by atoms with van der Waals surface area (Å²) in [6.45, 7) is 0. The molecule has 0 saturated heterocycles. The van der Waals surface area contributed by atoms with E-state index in [1.54, 1.807) is 0 Å². The van der Waals surface area contributed by atoms with Crippen molar-refractivity contribution < 1.29 is 61.4 Å². The van der Waals surface area contributed by atoms with Crippen molar-refractivity contribution in [3.63, 3.8) is 0 Å². The first-order chi connectivity index (χ1) is 19.1. The molecule has 4 nitrogen and oxygen atoms in total. The Balaban J connectivity index is 0.000000278. The average Bonchev–Trinajstić information content (AvgIpc) is 2.88. The summed E-state index contributed by atoms with van der Waals surface area (Å²) in [5, 5.41) is 2.41. The maximum atomic E-state index is 11.6. The van der Waals surface area contributed by atoms with Gasteiger partial charge in [0.05, 0.1) is 0 Å². The van der Waals surface area contributed by atoms with Crippen molar-refractivity contribution in [2.45, 2.75) is 29.1 Å². The summed E-state index contributed by atoms with van der Waals surface area (Å²) in [6, 6.07) is 31.7. The molecule has 228 valence electrons. The van der Waals surface area contributed by atoms with E-state index >= 15 is 0 Å². The maximum Gasteiger partial charge on any atom is 0.460 e. The highest BCUT2D eigenvalue weighted by Gasteiger charge is 2.82. The first-order valence-electron chi connectivity index (χ1n) is 11.0. The number of hydrogen-bond acceptors (Lipinski definition) is 3. The molecule has 0 saturated carbocycles. The molecule has 16 heteroatoms. The molecule has 0 spiro atoms. The molecule has 0 aromatic heterocycles. The van der Waals surface area contributed by atoms with Crippen LogP contribution in [0.4, 0.5) is 43.9 Å². The van der Waals surface area contributed by atoms with Crippen LogP contribution in [0.2, 0.25) is 0 Å². The van der Waals surface area contributed by atoms with Crippen LogP contribution >= 0.6 is 12.6 Å². The summed E-state index contributed by atoms with van der Waals surface area (Å²) in [4.78, 5) is 1.04. The largest absolute Gasteiger partial charge is 0.460 e. The maximum absolute atomic E-state index is 11.6. The topological polar surface area (TPSA) is 74.6 Å². The van der Waals surface area contributed by atoms with Gasteiger partial charge in [0.25, 0.3) is 0 Å². The summed E-state index contributed by atoms with van der Waals surface area (Å²) in [7, 11) is -4.67. The van der Waals surface area contributed by atoms with Gasteiger partial charge in [-0.1, -0.05) is 84.9 Å². The molecule has 42 heavy (non-hydrogen) atoms. The first-order valence-corrected chi connectivity index (χ1v) is 12.9. The van der Waals surface area contributed by atoms with Gasteiger partial charge in [-0.3, -0.25) is 9.11 Å². The molecule has 0 bridgehead atoms. The van der Waals surface area contributed by atoms with Crippen LogP contribution in [0.3, 0.4) is 0 Å². The summed E-state index contributed by atoms with van der Waals surface area (Å²) in [6.07, 6.45) is -13.9. The SMILES string of the molecule is FC(F)(F)C(F)(F)C(F)(F)C(F)(F)F.O=S(=O)(O)O.Sc1c(-c2ccccc2)c(-c2ccccc2)cc2ccccc12. The van der Waals surface area contributed by atoms with Crippen LogP contribution in [-0.4, -0.2) is 41.7 Å². The van der Waals surface area contributed by atoms with E-state index in [9.17, 15) is 43.9 Å². The molecule has 0 aliphatic heterocycles. The van der Waals surface area contributed by atoms with E-state index in [0.29, 0.717) is 0 Å². The second-order valence-corrected chi connectivity index (χ2v) is 9.54. The number of benzene rings is 4. The van der Waals surface area contributed by atoms with E-state index in [2.05, 4.69) is 78.9 Å². The number of fused-ring (bicyclic) bond motifs is 1. The molecule has 0 atom stereocenters. The summed E-state index contributed by atoms with van der Waals surface area (Å²) < 4.78 is 145. The Bertz CT molecular complexity index is 1560. The molecular formula is C26H18F10O4S2. The lowest BCUT2D eigenvalue weighted by atomic mass is 9.91. The van der Waals surface area contributed by atoms with Crippen LogP contribution in [0.5, 0.6) is 0 Å². The van der Waals surface area contributed by atoms with Crippen molar-refractivity contribution in [2.75, 3.05) is 0 Å². The minimum absolute atomic E-state index is 1.04. The van der Waals surface area contributed by atoms with Crippen molar-refractivity contribution in [2.24, 2.45) is 0 Å². The smallest absolute Gasteiger partial charge is 0.264 e. The monoisotopic (exact) mass is 648 g/mol. The van der Waals surface area contributed by atoms with Crippen molar-refractivity contribution in [3.8, 4) is 22.3 Å². The van der Waals surface area contributed by atoms with E-state index in [-0.39, 0.29) is 0 Å². The zero-order valence-corrected chi connectivity index (χ0v) is 22.2. The Hall–Kier alpha value is -3.34. The lowest BCUT2D eigenvalue weighted by Crippen LogP contribution is -2.59. The predicted octanol–water partition coefficient (Wildman–Crippen LogP) is 9.19. The second-order valence-electron chi connectivity index (χ2n) is 8.19. The Morgan fingerprint density at radius 2 is 0.929 bits per heavy atom. The number of halogens is 10. The number of thiol groups is 1. The molecule has 0 fully saturated rings. The summed E-state index contributed by atoms with van der Waals surface area (Å²) in [5.74, 6) is -14.3. The van der Waals surface area contributed by atoms with Gasteiger partial charge < -0.3 is 0 Å². The Morgan fingerprint density at radius 3 is 1.33 bits per heavy atom. The Morgan fingerprint density at radius 1 is 0.571 bits per heavy atom. The normalized spacial score (nSPS) is 12.6. The van der Waals surface area contributed by atoms with E-state index < -0.39 is 34.6 Å². The highest BCUT2D eigenvalue weighted by atomic mass is 32.3. The molecule has 0 aliphatic rings. The highest BCUT2D eigenvalue weighted by molar-refractivity contribution is 7.80. The minimum Gasteiger partial charge on any atom is -0.264 e. The Kier molecular flexibility index (Phi) is 10.7. The van der Waals surface area contributed by atoms with E-state index in [4.69, 9.17) is 30.2 Å². The molecule has 0 heterocycles. The Labute approximate surface area is 237 Å². The fourth-order valence-corrected chi connectivity index (χ4v) is 3.88. The van der Waals surface area contributed by atoms with Crippen LogP contribution in [0.15, 0.2) is 95.9 Å². The molecular weight excluding hydrogens is 630 g/mol. The number of alkyl halides is 10. The molecule has 4 rings (SSSR count). The van der Waals surface area contributed by atoms with Crippen molar-refractivity contribution >= 4 is 33.8 Å². The summed E-state index contributed by atoms with van der Waals surface area (Å²) in [5.41, 5.74) is 4.83. The molecule has 2 N–H and O–H groups in total. The molecule has 0 radical (unpaired) electrons. The number of hydrogen-bond donors (Lipinski definition) is 3. The predicted molar refractivity (Wildman–Crippen MR) is 138 cm³/mol. The molecule has 0 amide bonds. The van der Waals surface area contributed by atoms with Gasteiger partial charge in [0.1, 0.15) is 0 Å². The fraction of sp³-hybridized carbons (Fsp3) is 0.154. The van der Waals surface area contributed by atoms with Gasteiger partial charge in [0.2, 0.25) is 0 Å². The summed E-state index contributed by atoms with van der Waals surface area (Å²) >= 11 is 4.90. The van der Waals surface area contributed by atoms with E-state index in [1.807, 2.05) is 12.1 Å². The molecule has 0 aliphatic carbocycles. The van der Waals surface area contributed by atoms with E-state index in [1.165, 1.54) is 33.0 Å². The van der Waals surface area contributed by atoms with Gasteiger partial charge in [0, 0.05) is 10.5 Å². The van der Waals surface area contributed by atoms with Crippen molar-refractivity contribution in [1.82, 2.24) is 0 Å². The lowest BCUT2D eigenvalue weighted by Gasteiger charge is -2.29. The third-order valence-electron chi connectivity index (χ3n) is 5.28. The van der Waals surface area contributed by atoms with Crippen LogP contribution in [0, 0.1) is 0 Å². The second kappa shape index (κ2) is 12.9. The van der Waals surface area contributed by atoms with Crippen LogP contribution in [0.25, 0.3) is 33.0 Å². The molecule has 4 aromatic rings. The third kappa shape index (κ3) is 8.36. The zero-order valence-electron chi connectivity index (χ0n) is 20.5. The number of rotatable bonds is 3. The van der Waals surface area contributed by atoms with Gasteiger partial charge in [-0.05, 0) is 33.5 Å². The van der Waals surface area contributed by atoms with Crippen LogP contribution in [-0.2, 0) is 10.4 Å². The third-order valence-corrected chi connectivity index (χ3v) is 5.74. The minimum atomic E-state index is -7.14. The van der Waals surface area contributed by atoms with Crippen molar-refractivity contribution in [3.05, 3.63) is 91.0 Å². The standard InChI is InChI=1S/C22H16S.C4F10.H2O4S/c23-22-19-14-8-7-13-18(19)15-20(16-9-3-1-4-10-16)21(22)17-11-5-2-6-12-17;5-1(6,3(9,10)11)2(7,8)4(12,13)14;1-5(2,3)4/h1-15,23H;;(H2,1,2,3,4). The average molecular weight is 649 g/mol. The first kappa shape index (κ1) is 34.9. The van der Waals surface area contributed by atoms with Gasteiger partial charge in [-0.25, -0.2) is 0 Å². The van der Waals surface area contributed by atoms with Gasteiger partial charge >= 0.3 is 34.6 Å². The van der Waals surface area contributed by atoms with Gasteiger partial charge in [-0.2, -0.15) is 52.3 Å². The van der Waals surface area contributed by atoms with E-state index in [0.717, 1.165) is 4.90 Å². The molecule has 4 aromatic carbocycles.